The highest BCUT2D eigenvalue weighted by atomic mass is 19.4. The molecule has 0 spiro atoms. The highest BCUT2D eigenvalue weighted by Crippen LogP contribution is 2.46. The predicted molar refractivity (Wildman–Crippen MR) is 125 cm³/mol. The van der Waals surface area contributed by atoms with E-state index in [0.29, 0.717) is 18.7 Å². The van der Waals surface area contributed by atoms with E-state index in [4.69, 9.17) is 16.9 Å². The van der Waals surface area contributed by atoms with Gasteiger partial charge in [-0.15, -0.1) is 0 Å². The first-order chi connectivity index (χ1) is 15.6. The van der Waals surface area contributed by atoms with Crippen molar-refractivity contribution in [1.29, 1.82) is 5.41 Å². The molecule has 6 N–H and O–H groups in total. The van der Waals surface area contributed by atoms with Crippen LogP contribution in [-0.2, 0) is 4.79 Å². The minimum absolute atomic E-state index is 0.106. The van der Waals surface area contributed by atoms with Gasteiger partial charge in [0.1, 0.15) is 0 Å². The quantitative estimate of drug-likeness (QED) is 0.341. The predicted octanol–water partition coefficient (Wildman–Crippen LogP) is 5.16. The van der Waals surface area contributed by atoms with Crippen LogP contribution < -0.4 is 16.8 Å². The number of carbonyl (C=O) groups is 1. The maximum atomic E-state index is 13.5. The van der Waals surface area contributed by atoms with Crippen molar-refractivity contribution < 1.29 is 18.0 Å². The Bertz CT molecular complexity index is 1090. The highest BCUT2D eigenvalue weighted by Gasteiger charge is 2.50. The van der Waals surface area contributed by atoms with Gasteiger partial charge in [-0.1, -0.05) is 48.6 Å². The second kappa shape index (κ2) is 9.62. The van der Waals surface area contributed by atoms with Crippen molar-refractivity contribution in [3.8, 4) is 0 Å². The fraction of sp³-hybridized carbons (Fsp3) is 0.280. The van der Waals surface area contributed by atoms with Gasteiger partial charge >= 0.3 is 6.18 Å². The van der Waals surface area contributed by atoms with Crippen LogP contribution in [0, 0.1) is 10.8 Å². The molecule has 0 aliphatic heterocycles. The van der Waals surface area contributed by atoms with Gasteiger partial charge in [-0.25, -0.2) is 0 Å². The first-order valence-corrected chi connectivity index (χ1v) is 10.6. The first-order valence-electron chi connectivity index (χ1n) is 10.6. The van der Waals surface area contributed by atoms with Crippen LogP contribution in [0.1, 0.15) is 36.8 Å². The van der Waals surface area contributed by atoms with E-state index in [1.165, 1.54) is 24.3 Å². The Hall–Kier alpha value is -3.39. The summed E-state index contributed by atoms with van der Waals surface area (Å²) in [6.07, 6.45) is -0.449. The Morgan fingerprint density at radius 2 is 1.91 bits per heavy atom. The topological polar surface area (TPSA) is 105 Å². The molecule has 0 saturated heterocycles. The molecule has 1 aliphatic carbocycles. The summed E-state index contributed by atoms with van der Waals surface area (Å²) >= 11 is 0. The van der Waals surface area contributed by atoms with E-state index in [2.05, 4.69) is 5.32 Å². The number of carbonyl (C=O) groups excluding carboxylic acids is 1. The highest BCUT2D eigenvalue weighted by molar-refractivity contribution is 6.14. The molecule has 0 radical (unpaired) electrons. The molecule has 8 heteroatoms. The largest absolute Gasteiger partial charge is 0.398 e. The molecule has 174 valence electrons. The minimum atomic E-state index is -4.44. The molecule has 0 heterocycles. The lowest BCUT2D eigenvalue weighted by molar-refractivity contribution is -0.199. The summed E-state index contributed by atoms with van der Waals surface area (Å²) in [4.78, 5) is 13.0. The van der Waals surface area contributed by atoms with Gasteiger partial charge in [-0.2, -0.15) is 13.2 Å². The lowest BCUT2D eigenvalue weighted by atomic mass is 9.77. The zero-order chi connectivity index (χ0) is 24.2. The number of nitrogen functional groups attached to an aromatic ring is 1. The fourth-order valence-electron chi connectivity index (χ4n) is 3.81. The third kappa shape index (κ3) is 5.34. The van der Waals surface area contributed by atoms with Gasteiger partial charge < -0.3 is 16.8 Å². The van der Waals surface area contributed by atoms with Gasteiger partial charge in [0.25, 0.3) is 0 Å². The molecule has 5 nitrogen and oxygen atoms in total. The van der Waals surface area contributed by atoms with Crippen LogP contribution in [-0.4, -0.2) is 24.3 Å². The Morgan fingerprint density at radius 1 is 1.21 bits per heavy atom. The molecular formula is C25H27F3N4O. The Labute approximate surface area is 190 Å². The Kier molecular flexibility index (Phi) is 7.07. The maximum Gasteiger partial charge on any atom is 0.397 e. The average Bonchev–Trinajstić information content (AvgIpc) is 2.78. The summed E-state index contributed by atoms with van der Waals surface area (Å²) in [7, 11) is 0. The maximum absolute atomic E-state index is 13.5. The smallest absolute Gasteiger partial charge is 0.397 e. The minimum Gasteiger partial charge on any atom is -0.398 e. The zero-order valence-electron chi connectivity index (χ0n) is 18.2. The summed E-state index contributed by atoms with van der Waals surface area (Å²) in [6.45, 7) is 1.43. The summed E-state index contributed by atoms with van der Waals surface area (Å²) in [6, 6.07) is 13.9. The molecule has 0 aromatic heterocycles. The van der Waals surface area contributed by atoms with E-state index < -0.39 is 17.5 Å². The van der Waals surface area contributed by atoms with Crippen LogP contribution in [0.5, 0.6) is 0 Å². The number of nitrogens with one attached hydrogen (secondary N) is 2. The lowest BCUT2D eigenvalue weighted by Crippen LogP contribution is -2.35. The Morgan fingerprint density at radius 3 is 2.55 bits per heavy atom. The number of hydrogen-bond donors (Lipinski definition) is 4. The third-order valence-electron chi connectivity index (χ3n) is 5.85. The van der Waals surface area contributed by atoms with Crippen LogP contribution in [0.25, 0.3) is 0 Å². The first kappa shape index (κ1) is 24.3. The summed E-state index contributed by atoms with van der Waals surface area (Å²) in [5, 5.41) is 11.4. The van der Waals surface area contributed by atoms with E-state index >= 15 is 0 Å². The second-order valence-corrected chi connectivity index (χ2v) is 8.35. The van der Waals surface area contributed by atoms with Crippen molar-refractivity contribution >= 4 is 23.0 Å². The zero-order valence-corrected chi connectivity index (χ0v) is 18.2. The van der Waals surface area contributed by atoms with Crippen molar-refractivity contribution in [3.05, 3.63) is 83.5 Å². The third-order valence-corrected chi connectivity index (χ3v) is 5.85. The van der Waals surface area contributed by atoms with E-state index in [1.54, 1.807) is 6.07 Å². The van der Waals surface area contributed by atoms with Crippen molar-refractivity contribution in [2.75, 3.05) is 17.6 Å². The summed E-state index contributed by atoms with van der Waals surface area (Å²) in [5.41, 5.74) is 11.5. The number of rotatable bonds is 7. The van der Waals surface area contributed by atoms with Gasteiger partial charge in [0.05, 0.1) is 17.0 Å². The van der Waals surface area contributed by atoms with Crippen LogP contribution in [0.15, 0.2) is 72.3 Å². The summed E-state index contributed by atoms with van der Waals surface area (Å²) < 4.78 is 40.5. The second-order valence-electron chi connectivity index (χ2n) is 8.35. The molecule has 2 aromatic carbocycles. The van der Waals surface area contributed by atoms with Crippen molar-refractivity contribution in [2.24, 2.45) is 11.1 Å². The van der Waals surface area contributed by atoms with E-state index in [-0.39, 0.29) is 34.9 Å². The standard InChI is InChI=1S/C25H27F3N4O/c1-24(25(26,27)28)12-5-8-17(15-24)22(31)20-14-18(9-10-21(20)30)32-23(33)19(11-13-29)16-6-3-2-4-7-16/h2-10,12,14,19,31H,11,13,15,29-30H2,1H3,(H,32,33). The SMILES string of the molecule is CC1(C(F)(F)F)C=CC=C(C(=N)c2cc(NC(=O)C(CCN)c3ccccc3)ccc2N)C1. The molecule has 1 amide bonds. The molecule has 2 atom stereocenters. The summed E-state index contributed by atoms with van der Waals surface area (Å²) in [5.74, 6) is -0.728. The number of amides is 1. The molecule has 33 heavy (non-hydrogen) atoms. The number of allylic oxidation sites excluding steroid dienone is 4. The van der Waals surface area contributed by atoms with Crippen LogP contribution >= 0.6 is 0 Å². The number of hydrogen-bond acceptors (Lipinski definition) is 4. The van der Waals surface area contributed by atoms with Gasteiger partial charge in [0.2, 0.25) is 5.91 Å². The van der Waals surface area contributed by atoms with Gasteiger partial charge in [-0.05, 0) is 55.6 Å². The van der Waals surface area contributed by atoms with Crippen molar-refractivity contribution in [2.45, 2.75) is 31.9 Å². The van der Waals surface area contributed by atoms with E-state index in [0.717, 1.165) is 18.6 Å². The molecule has 0 saturated carbocycles. The molecular weight excluding hydrogens is 429 g/mol. The van der Waals surface area contributed by atoms with Crippen LogP contribution in [0.2, 0.25) is 0 Å². The number of benzene rings is 2. The van der Waals surface area contributed by atoms with Crippen molar-refractivity contribution in [1.82, 2.24) is 0 Å². The van der Waals surface area contributed by atoms with E-state index in [1.807, 2.05) is 30.3 Å². The van der Waals surface area contributed by atoms with Crippen LogP contribution in [0.3, 0.4) is 0 Å². The molecule has 2 unspecified atom stereocenters. The molecule has 1 aliphatic rings. The molecule has 3 rings (SSSR count). The van der Waals surface area contributed by atoms with Gasteiger partial charge in [0.15, 0.2) is 0 Å². The molecule has 0 bridgehead atoms. The average molecular weight is 457 g/mol. The Balaban J connectivity index is 1.84. The lowest BCUT2D eigenvalue weighted by Gasteiger charge is -2.32. The van der Waals surface area contributed by atoms with Gasteiger partial charge in [-0.3, -0.25) is 10.2 Å². The normalized spacial score (nSPS) is 19.0. The van der Waals surface area contributed by atoms with E-state index in [9.17, 15) is 18.0 Å². The van der Waals surface area contributed by atoms with Gasteiger partial charge in [0, 0.05) is 16.9 Å². The van der Waals surface area contributed by atoms with Crippen LogP contribution in [0.4, 0.5) is 24.5 Å². The molecule has 2 aromatic rings. The number of halogens is 3. The number of anilines is 2. The fourth-order valence-corrected chi connectivity index (χ4v) is 3.81. The molecule has 0 fully saturated rings. The number of alkyl halides is 3. The number of nitrogens with two attached hydrogens (primary N) is 2. The van der Waals surface area contributed by atoms with Crippen molar-refractivity contribution in [3.63, 3.8) is 0 Å². The monoisotopic (exact) mass is 456 g/mol.